The van der Waals surface area contributed by atoms with Crippen LogP contribution in [0.15, 0.2) is 28.7 Å². The number of nitrogens with one attached hydrogen (secondary N) is 1. The highest BCUT2D eigenvalue weighted by Crippen LogP contribution is 2.19. The van der Waals surface area contributed by atoms with Crippen LogP contribution in [0.4, 0.5) is 11.9 Å². The number of benzene rings is 1. The average Bonchev–Trinajstić information content (AvgIpc) is 2.99. The monoisotopic (exact) mass is 367 g/mol. The van der Waals surface area contributed by atoms with Gasteiger partial charge < -0.3 is 10.2 Å². The first kappa shape index (κ1) is 14.5. The number of aromatic nitrogens is 3. The maximum Gasteiger partial charge on any atom is 0.231 e. The second-order valence-corrected chi connectivity index (χ2v) is 6.16. The van der Waals surface area contributed by atoms with E-state index in [0.29, 0.717) is 18.4 Å². The molecule has 5 nitrogen and oxygen atoms in total. The van der Waals surface area contributed by atoms with Gasteiger partial charge in [-0.25, -0.2) is 0 Å². The van der Waals surface area contributed by atoms with Gasteiger partial charge in [0.25, 0.3) is 0 Å². The van der Waals surface area contributed by atoms with Gasteiger partial charge in [0.05, 0.1) is 0 Å². The van der Waals surface area contributed by atoms with Gasteiger partial charge in [0.1, 0.15) is 0 Å². The van der Waals surface area contributed by atoms with E-state index in [9.17, 15) is 0 Å². The van der Waals surface area contributed by atoms with E-state index in [1.807, 2.05) is 18.2 Å². The first-order chi connectivity index (χ1) is 10.2. The van der Waals surface area contributed by atoms with Gasteiger partial charge in [-0.05, 0) is 42.1 Å². The average molecular weight is 369 g/mol. The Kier molecular flexibility index (Phi) is 4.55. The van der Waals surface area contributed by atoms with E-state index in [-0.39, 0.29) is 5.28 Å². The Balaban J connectivity index is 1.72. The van der Waals surface area contributed by atoms with Gasteiger partial charge in [-0.1, -0.05) is 28.1 Å². The molecule has 1 N–H and O–H groups in total. The lowest BCUT2D eigenvalue weighted by atomic mass is 10.2. The minimum atomic E-state index is 0.226. The zero-order chi connectivity index (χ0) is 14.7. The molecule has 7 heteroatoms. The zero-order valence-corrected chi connectivity index (χ0v) is 13.7. The van der Waals surface area contributed by atoms with Crippen molar-refractivity contribution in [3.05, 3.63) is 39.6 Å². The lowest BCUT2D eigenvalue weighted by molar-refractivity contribution is 0.876. The summed E-state index contributed by atoms with van der Waals surface area (Å²) in [7, 11) is 0. The van der Waals surface area contributed by atoms with Crippen LogP contribution in [0.25, 0.3) is 0 Å². The standard InChI is InChI=1S/C14H15BrClN5/c15-11-5-3-4-10(8-11)9-17-13-18-12(16)19-14(20-13)21-6-1-2-7-21/h3-5,8H,1-2,6-7,9H2,(H,17,18,19,20). The molecule has 3 rings (SSSR count). The topological polar surface area (TPSA) is 53.9 Å². The van der Waals surface area contributed by atoms with Crippen molar-refractivity contribution in [2.24, 2.45) is 0 Å². The minimum absolute atomic E-state index is 0.226. The summed E-state index contributed by atoms with van der Waals surface area (Å²) in [4.78, 5) is 14.9. The van der Waals surface area contributed by atoms with Crippen LogP contribution in [0.3, 0.4) is 0 Å². The molecule has 1 aliphatic rings. The van der Waals surface area contributed by atoms with Gasteiger partial charge in [0.2, 0.25) is 17.2 Å². The zero-order valence-electron chi connectivity index (χ0n) is 11.4. The molecule has 2 aromatic rings. The van der Waals surface area contributed by atoms with Crippen molar-refractivity contribution in [3.63, 3.8) is 0 Å². The quantitative estimate of drug-likeness (QED) is 0.895. The van der Waals surface area contributed by atoms with Crippen molar-refractivity contribution in [1.82, 2.24) is 15.0 Å². The number of hydrogen-bond acceptors (Lipinski definition) is 5. The Morgan fingerprint density at radius 2 is 2.00 bits per heavy atom. The third-order valence-corrected chi connectivity index (χ3v) is 3.99. The SMILES string of the molecule is Clc1nc(NCc2cccc(Br)c2)nc(N2CCCC2)n1. The van der Waals surface area contributed by atoms with E-state index >= 15 is 0 Å². The summed E-state index contributed by atoms with van der Waals surface area (Å²) >= 11 is 9.46. The van der Waals surface area contributed by atoms with Gasteiger partial charge in [0.15, 0.2) is 0 Å². The predicted molar refractivity (Wildman–Crippen MR) is 87.8 cm³/mol. The van der Waals surface area contributed by atoms with Crippen molar-refractivity contribution in [2.75, 3.05) is 23.3 Å². The molecule has 0 atom stereocenters. The Morgan fingerprint density at radius 1 is 1.19 bits per heavy atom. The van der Waals surface area contributed by atoms with E-state index in [2.05, 4.69) is 47.2 Å². The molecule has 0 spiro atoms. The highest BCUT2D eigenvalue weighted by molar-refractivity contribution is 9.10. The highest BCUT2D eigenvalue weighted by atomic mass is 79.9. The van der Waals surface area contributed by atoms with Gasteiger partial charge >= 0.3 is 0 Å². The van der Waals surface area contributed by atoms with Gasteiger partial charge in [-0.3, -0.25) is 0 Å². The number of rotatable bonds is 4. The van der Waals surface area contributed by atoms with Crippen LogP contribution < -0.4 is 10.2 Å². The smallest absolute Gasteiger partial charge is 0.231 e. The lowest BCUT2D eigenvalue weighted by Gasteiger charge is -2.15. The molecular formula is C14H15BrClN5. The van der Waals surface area contributed by atoms with Crippen LogP contribution in [0.2, 0.25) is 5.28 Å². The van der Waals surface area contributed by atoms with Crippen LogP contribution >= 0.6 is 27.5 Å². The second-order valence-electron chi connectivity index (χ2n) is 4.91. The number of nitrogens with zero attached hydrogens (tertiary/aromatic N) is 4. The van der Waals surface area contributed by atoms with Crippen LogP contribution in [0.5, 0.6) is 0 Å². The largest absolute Gasteiger partial charge is 0.350 e. The summed E-state index contributed by atoms with van der Waals surface area (Å²) in [6.45, 7) is 2.59. The van der Waals surface area contributed by atoms with E-state index in [1.165, 1.54) is 12.8 Å². The fourth-order valence-corrected chi connectivity index (χ4v) is 2.91. The first-order valence-electron chi connectivity index (χ1n) is 6.85. The molecule has 0 saturated carbocycles. The van der Waals surface area contributed by atoms with E-state index in [0.717, 1.165) is 23.1 Å². The minimum Gasteiger partial charge on any atom is -0.350 e. The Hall–Kier alpha value is -1.40. The Morgan fingerprint density at radius 3 is 2.76 bits per heavy atom. The Bertz CT molecular complexity index is 631. The summed E-state index contributed by atoms with van der Waals surface area (Å²) in [5.41, 5.74) is 1.14. The van der Waals surface area contributed by atoms with E-state index < -0.39 is 0 Å². The van der Waals surface area contributed by atoms with Gasteiger partial charge in [-0.2, -0.15) is 15.0 Å². The van der Waals surface area contributed by atoms with Crippen molar-refractivity contribution in [1.29, 1.82) is 0 Å². The predicted octanol–water partition coefficient (Wildman–Crippen LogP) is 3.50. The van der Waals surface area contributed by atoms with Crippen LogP contribution in [-0.4, -0.2) is 28.0 Å². The van der Waals surface area contributed by atoms with Crippen LogP contribution in [0, 0.1) is 0 Å². The second kappa shape index (κ2) is 6.58. The molecule has 1 aromatic carbocycles. The number of hydrogen-bond donors (Lipinski definition) is 1. The van der Waals surface area contributed by atoms with Crippen molar-refractivity contribution >= 4 is 39.4 Å². The molecule has 0 amide bonds. The summed E-state index contributed by atoms with van der Waals surface area (Å²) in [6, 6.07) is 8.09. The van der Waals surface area contributed by atoms with Crippen molar-refractivity contribution in [2.45, 2.75) is 19.4 Å². The molecule has 2 heterocycles. The maximum atomic E-state index is 6.00. The summed E-state index contributed by atoms with van der Waals surface area (Å²) in [5.74, 6) is 1.17. The molecule has 1 aromatic heterocycles. The molecule has 0 aliphatic carbocycles. The number of anilines is 2. The van der Waals surface area contributed by atoms with Crippen LogP contribution in [0.1, 0.15) is 18.4 Å². The van der Waals surface area contributed by atoms with Crippen molar-refractivity contribution in [3.8, 4) is 0 Å². The Labute approximate surface area is 136 Å². The third kappa shape index (κ3) is 3.83. The molecule has 110 valence electrons. The highest BCUT2D eigenvalue weighted by Gasteiger charge is 2.16. The maximum absolute atomic E-state index is 6.00. The van der Waals surface area contributed by atoms with E-state index in [4.69, 9.17) is 11.6 Å². The molecule has 1 fully saturated rings. The molecule has 1 saturated heterocycles. The number of halogens is 2. The molecule has 0 radical (unpaired) electrons. The third-order valence-electron chi connectivity index (χ3n) is 3.32. The molecule has 0 bridgehead atoms. The normalized spacial score (nSPS) is 14.5. The van der Waals surface area contributed by atoms with Gasteiger partial charge in [-0.15, -0.1) is 0 Å². The molecule has 1 aliphatic heterocycles. The van der Waals surface area contributed by atoms with Crippen molar-refractivity contribution < 1.29 is 0 Å². The molecular weight excluding hydrogens is 354 g/mol. The fraction of sp³-hybridized carbons (Fsp3) is 0.357. The summed E-state index contributed by atoms with van der Waals surface area (Å²) < 4.78 is 1.05. The molecule has 21 heavy (non-hydrogen) atoms. The summed E-state index contributed by atoms with van der Waals surface area (Å²) in [5, 5.41) is 3.42. The molecule has 0 unspecified atom stereocenters. The lowest BCUT2D eigenvalue weighted by Crippen LogP contribution is -2.21. The fourth-order valence-electron chi connectivity index (χ4n) is 2.31. The van der Waals surface area contributed by atoms with E-state index in [1.54, 1.807) is 0 Å². The van der Waals surface area contributed by atoms with Crippen LogP contribution in [-0.2, 0) is 6.54 Å². The summed E-state index contributed by atoms with van der Waals surface area (Å²) in [6.07, 6.45) is 2.34. The van der Waals surface area contributed by atoms with Gasteiger partial charge in [0, 0.05) is 24.1 Å². The first-order valence-corrected chi connectivity index (χ1v) is 8.03.